The first-order chi connectivity index (χ1) is 11.1. The number of carbonyl (C=O) groups is 1. The summed E-state index contributed by atoms with van der Waals surface area (Å²) in [4.78, 5) is 11.5. The summed E-state index contributed by atoms with van der Waals surface area (Å²) in [7, 11) is 0. The molecule has 2 aromatic rings. The van der Waals surface area contributed by atoms with E-state index in [2.05, 4.69) is 0 Å². The van der Waals surface area contributed by atoms with Crippen LogP contribution in [0.3, 0.4) is 0 Å². The minimum absolute atomic E-state index is 0.436. The van der Waals surface area contributed by atoms with Gasteiger partial charge in [0.15, 0.2) is 0 Å². The summed E-state index contributed by atoms with van der Waals surface area (Å²) in [6.07, 6.45) is 2.32. The van der Waals surface area contributed by atoms with Crippen LogP contribution in [0.25, 0.3) is 0 Å². The molecule has 2 aromatic carbocycles. The van der Waals surface area contributed by atoms with Gasteiger partial charge in [0.1, 0.15) is 5.75 Å². The third-order valence-electron chi connectivity index (χ3n) is 3.92. The van der Waals surface area contributed by atoms with E-state index in [0.29, 0.717) is 13.0 Å². The van der Waals surface area contributed by atoms with E-state index in [-0.39, 0.29) is 0 Å². The summed E-state index contributed by atoms with van der Waals surface area (Å²) >= 11 is 0. The van der Waals surface area contributed by atoms with E-state index in [0.717, 1.165) is 29.7 Å². The van der Waals surface area contributed by atoms with E-state index in [4.69, 9.17) is 4.74 Å². The first-order valence-electron chi connectivity index (χ1n) is 8.05. The first-order valence-corrected chi connectivity index (χ1v) is 8.05. The predicted molar refractivity (Wildman–Crippen MR) is 92.1 cm³/mol. The van der Waals surface area contributed by atoms with Gasteiger partial charge in [-0.25, -0.2) is 0 Å². The molecule has 0 amide bonds. The molecule has 0 fully saturated rings. The SMILES string of the molecule is Cc1ccc(C(CCCCOc2cccc(C)c2)C(=O)O)cc1. The Labute approximate surface area is 137 Å². The van der Waals surface area contributed by atoms with Crippen LogP contribution in [0, 0.1) is 13.8 Å². The van der Waals surface area contributed by atoms with Gasteiger partial charge in [-0.1, -0.05) is 42.0 Å². The lowest BCUT2D eigenvalue weighted by Gasteiger charge is -2.13. The molecule has 1 unspecified atom stereocenters. The number of aliphatic carboxylic acids is 1. The molecule has 122 valence electrons. The molecule has 2 rings (SSSR count). The van der Waals surface area contributed by atoms with Crippen molar-refractivity contribution in [2.45, 2.75) is 39.0 Å². The standard InChI is InChI=1S/C20H24O3/c1-15-9-11-17(12-10-15)19(20(21)22)8-3-4-13-23-18-7-5-6-16(2)14-18/h5-7,9-12,14,19H,3-4,8,13H2,1-2H3,(H,21,22). The molecule has 23 heavy (non-hydrogen) atoms. The maximum absolute atomic E-state index is 11.5. The number of ether oxygens (including phenoxy) is 1. The van der Waals surface area contributed by atoms with Gasteiger partial charge < -0.3 is 9.84 Å². The van der Waals surface area contributed by atoms with Gasteiger partial charge in [-0.2, -0.15) is 0 Å². The van der Waals surface area contributed by atoms with E-state index in [1.165, 1.54) is 5.56 Å². The molecular weight excluding hydrogens is 288 g/mol. The molecule has 0 aromatic heterocycles. The van der Waals surface area contributed by atoms with Gasteiger partial charge in [0.25, 0.3) is 0 Å². The summed E-state index contributed by atoms with van der Waals surface area (Å²) < 4.78 is 5.70. The van der Waals surface area contributed by atoms with Crippen molar-refractivity contribution in [3.05, 3.63) is 65.2 Å². The van der Waals surface area contributed by atoms with Crippen molar-refractivity contribution in [1.29, 1.82) is 0 Å². The second kappa shape index (κ2) is 8.37. The summed E-state index contributed by atoms with van der Waals surface area (Å²) in [5.41, 5.74) is 3.19. The van der Waals surface area contributed by atoms with Crippen molar-refractivity contribution in [2.75, 3.05) is 6.61 Å². The zero-order valence-electron chi connectivity index (χ0n) is 13.8. The largest absolute Gasteiger partial charge is 0.494 e. The molecule has 0 radical (unpaired) electrons. The Kier molecular flexibility index (Phi) is 6.21. The quantitative estimate of drug-likeness (QED) is 0.717. The van der Waals surface area contributed by atoms with Gasteiger partial charge >= 0.3 is 5.97 Å². The van der Waals surface area contributed by atoms with Gasteiger partial charge in [0.05, 0.1) is 12.5 Å². The van der Waals surface area contributed by atoms with Crippen molar-refractivity contribution < 1.29 is 14.6 Å². The Hall–Kier alpha value is -2.29. The highest BCUT2D eigenvalue weighted by molar-refractivity contribution is 5.76. The van der Waals surface area contributed by atoms with E-state index in [1.807, 2.05) is 62.4 Å². The Bertz CT molecular complexity index is 632. The van der Waals surface area contributed by atoms with Gasteiger partial charge in [0, 0.05) is 0 Å². The highest BCUT2D eigenvalue weighted by atomic mass is 16.5. The van der Waals surface area contributed by atoms with Crippen LogP contribution in [0.15, 0.2) is 48.5 Å². The van der Waals surface area contributed by atoms with Gasteiger partial charge in [-0.05, 0) is 56.4 Å². The topological polar surface area (TPSA) is 46.5 Å². The Morgan fingerprint density at radius 1 is 1.04 bits per heavy atom. The molecule has 1 N–H and O–H groups in total. The maximum atomic E-state index is 11.5. The van der Waals surface area contributed by atoms with Crippen molar-refractivity contribution >= 4 is 5.97 Å². The third kappa shape index (κ3) is 5.44. The van der Waals surface area contributed by atoms with Crippen molar-refractivity contribution in [1.82, 2.24) is 0 Å². The fourth-order valence-corrected chi connectivity index (χ4v) is 2.58. The zero-order valence-corrected chi connectivity index (χ0v) is 13.8. The zero-order chi connectivity index (χ0) is 16.7. The maximum Gasteiger partial charge on any atom is 0.310 e. The van der Waals surface area contributed by atoms with Crippen molar-refractivity contribution in [3.63, 3.8) is 0 Å². The monoisotopic (exact) mass is 312 g/mol. The van der Waals surface area contributed by atoms with Crippen LogP contribution in [0.2, 0.25) is 0 Å². The smallest absolute Gasteiger partial charge is 0.310 e. The highest BCUT2D eigenvalue weighted by Gasteiger charge is 2.18. The number of hydrogen-bond donors (Lipinski definition) is 1. The van der Waals surface area contributed by atoms with Crippen LogP contribution in [0.1, 0.15) is 41.9 Å². The molecule has 0 heterocycles. The van der Waals surface area contributed by atoms with E-state index < -0.39 is 11.9 Å². The first kappa shape index (κ1) is 17.1. The molecule has 0 bridgehead atoms. The van der Waals surface area contributed by atoms with Crippen molar-refractivity contribution in [2.24, 2.45) is 0 Å². The average molecular weight is 312 g/mol. The lowest BCUT2D eigenvalue weighted by atomic mass is 9.93. The average Bonchev–Trinajstić information content (AvgIpc) is 2.52. The number of benzene rings is 2. The minimum atomic E-state index is -0.756. The number of rotatable bonds is 8. The Morgan fingerprint density at radius 2 is 1.78 bits per heavy atom. The van der Waals surface area contributed by atoms with Crippen LogP contribution in [0.5, 0.6) is 5.75 Å². The number of aryl methyl sites for hydroxylation is 2. The van der Waals surface area contributed by atoms with E-state index >= 15 is 0 Å². The molecular formula is C20H24O3. The second-order valence-electron chi connectivity index (χ2n) is 5.96. The summed E-state index contributed by atoms with van der Waals surface area (Å²) in [5, 5.41) is 9.43. The van der Waals surface area contributed by atoms with Crippen molar-refractivity contribution in [3.8, 4) is 5.75 Å². The predicted octanol–water partition coefficient (Wildman–Crippen LogP) is 4.72. The Morgan fingerprint density at radius 3 is 2.43 bits per heavy atom. The molecule has 0 aliphatic carbocycles. The van der Waals surface area contributed by atoms with Gasteiger partial charge in [-0.3, -0.25) is 4.79 Å². The van der Waals surface area contributed by atoms with Crippen LogP contribution in [-0.4, -0.2) is 17.7 Å². The fraction of sp³-hybridized carbons (Fsp3) is 0.350. The van der Waals surface area contributed by atoms with E-state index in [1.54, 1.807) is 0 Å². The van der Waals surface area contributed by atoms with Crippen LogP contribution in [0.4, 0.5) is 0 Å². The van der Waals surface area contributed by atoms with Gasteiger partial charge in [-0.15, -0.1) is 0 Å². The molecule has 0 aliphatic heterocycles. The summed E-state index contributed by atoms with van der Waals surface area (Å²) in [6.45, 7) is 4.65. The molecule has 0 saturated carbocycles. The summed E-state index contributed by atoms with van der Waals surface area (Å²) in [6, 6.07) is 15.7. The van der Waals surface area contributed by atoms with Crippen LogP contribution >= 0.6 is 0 Å². The summed E-state index contributed by atoms with van der Waals surface area (Å²) in [5.74, 6) is -0.318. The Balaban J connectivity index is 1.78. The van der Waals surface area contributed by atoms with Crippen LogP contribution < -0.4 is 4.74 Å². The van der Waals surface area contributed by atoms with E-state index in [9.17, 15) is 9.90 Å². The second-order valence-corrected chi connectivity index (χ2v) is 5.96. The number of hydrogen-bond acceptors (Lipinski definition) is 2. The molecule has 0 spiro atoms. The molecule has 3 nitrogen and oxygen atoms in total. The normalized spacial score (nSPS) is 11.9. The van der Waals surface area contributed by atoms with Crippen LogP contribution in [-0.2, 0) is 4.79 Å². The lowest BCUT2D eigenvalue weighted by molar-refractivity contribution is -0.139. The number of unbranched alkanes of at least 4 members (excludes halogenated alkanes) is 1. The molecule has 1 atom stereocenters. The lowest BCUT2D eigenvalue weighted by Crippen LogP contribution is -2.12. The third-order valence-corrected chi connectivity index (χ3v) is 3.92. The highest BCUT2D eigenvalue weighted by Crippen LogP contribution is 2.23. The number of carboxylic acid groups (broad SMARTS) is 1. The fourth-order valence-electron chi connectivity index (χ4n) is 2.58. The molecule has 0 aliphatic rings. The molecule has 0 saturated heterocycles. The minimum Gasteiger partial charge on any atom is -0.494 e. The molecule has 3 heteroatoms. The van der Waals surface area contributed by atoms with Gasteiger partial charge in [0.2, 0.25) is 0 Å². The number of carboxylic acids is 1.